The molecular formula is C22H23N5O2. The second kappa shape index (κ2) is 7.95. The zero-order valence-corrected chi connectivity index (χ0v) is 16.8. The van der Waals surface area contributed by atoms with Crippen molar-refractivity contribution in [2.45, 2.75) is 39.7 Å². The van der Waals surface area contributed by atoms with Crippen LogP contribution in [0.1, 0.15) is 52.1 Å². The Morgan fingerprint density at radius 1 is 1.07 bits per heavy atom. The van der Waals surface area contributed by atoms with E-state index >= 15 is 0 Å². The molecule has 7 heteroatoms. The third kappa shape index (κ3) is 4.08. The maximum Gasteiger partial charge on any atom is 0.274 e. The number of para-hydroxylation sites is 1. The molecule has 0 saturated carbocycles. The lowest BCUT2D eigenvalue weighted by Gasteiger charge is -2.23. The van der Waals surface area contributed by atoms with Crippen molar-refractivity contribution in [1.82, 2.24) is 24.8 Å². The maximum atomic E-state index is 13.0. The fourth-order valence-corrected chi connectivity index (χ4v) is 3.48. The monoisotopic (exact) mass is 389 g/mol. The molecule has 1 aliphatic rings. The number of hydrogen-bond acceptors (Lipinski definition) is 6. The largest absolute Gasteiger partial charge is 0.439 e. The van der Waals surface area contributed by atoms with Crippen LogP contribution in [0.4, 0.5) is 0 Å². The molecule has 29 heavy (non-hydrogen) atoms. The average molecular weight is 389 g/mol. The lowest BCUT2D eigenvalue weighted by molar-refractivity contribution is 0.0722. The van der Waals surface area contributed by atoms with Crippen molar-refractivity contribution >= 4 is 5.91 Å². The number of carbonyl (C=O) groups is 1. The summed E-state index contributed by atoms with van der Waals surface area (Å²) in [5.74, 6) is 1.69. The van der Waals surface area contributed by atoms with E-state index in [-0.39, 0.29) is 11.9 Å². The van der Waals surface area contributed by atoms with Gasteiger partial charge in [0.15, 0.2) is 5.82 Å². The Morgan fingerprint density at radius 2 is 1.90 bits per heavy atom. The van der Waals surface area contributed by atoms with E-state index in [0.717, 1.165) is 35.5 Å². The number of rotatable bonds is 4. The van der Waals surface area contributed by atoms with Crippen LogP contribution in [-0.2, 0) is 0 Å². The number of hydrogen-bond donors (Lipinski definition) is 0. The minimum absolute atomic E-state index is 0.147. The standard InChI is InChI=1S/C22H23N5O2/c1-14-7-4-5-9-19(14)29-20-11-15(2)25-21(26-20)18-8-6-10-27(18)22(28)17-13-23-16(3)12-24-17/h4-5,7,9,11-13,18H,6,8,10H2,1-3H3. The number of nitrogens with zero attached hydrogens (tertiary/aromatic N) is 5. The van der Waals surface area contributed by atoms with Gasteiger partial charge < -0.3 is 9.64 Å². The van der Waals surface area contributed by atoms with Gasteiger partial charge in [-0.15, -0.1) is 0 Å². The van der Waals surface area contributed by atoms with Gasteiger partial charge in [-0.3, -0.25) is 9.78 Å². The van der Waals surface area contributed by atoms with Gasteiger partial charge in [0.25, 0.3) is 5.91 Å². The summed E-state index contributed by atoms with van der Waals surface area (Å²) in [6, 6.07) is 9.40. The number of carbonyl (C=O) groups excluding carboxylic acids is 1. The summed E-state index contributed by atoms with van der Waals surface area (Å²) < 4.78 is 6.01. The highest BCUT2D eigenvalue weighted by Gasteiger charge is 2.33. The molecule has 4 rings (SSSR count). The molecule has 1 unspecified atom stereocenters. The highest BCUT2D eigenvalue weighted by molar-refractivity contribution is 5.92. The molecule has 1 aliphatic heterocycles. The highest BCUT2D eigenvalue weighted by atomic mass is 16.5. The van der Waals surface area contributed by atoms with E-state index in [0.29, 0.717) is 23.9 Å². The second-order valence-electron chi connectivity index (χ2n) is 7.27. The summed E-state index contributed by atoms with van der Waals surface area (Å²) in [6.07, 6.45) is 4.83. The molecule has 1 atom stereocenters. The summed E-state index contributed by atoms with van der Waals surface area (Å²) in [6.45, 7) is 6.38. The predicted molar refractivity (Wildman–Crippen MR) is 108 cm³/mol. The molecular weight excluding hydrogens is 366 g/mol. The molecule has 7 nitrogen and oxygen atoms in total. The molecule has 1 aromatic carbocycles. The van der Waals surface area contributed by atoms with Crippen molar-refractivity contribution in [1.29, 1.82) is 0 Å². The quantitative estimate of drug-likeness (QED) is 0.672. The van der Waals surface area contributed by atoms with E-state index in [1.165, 1.54) is 6.20 Å². The number of ether oxygens (including phenoxy) is 1. The van der Waals surface area contributed by atoms with Crippen LogP contribution < -0.4 is 4.74 Å². The maximum absolute atomic E-state index is 13.0. The molecule has 1 fully saturated rings. The Labute approximate surface area is 169 Å². The molecule has 148 valence electrons. The first-order chi connectivity index (χ1) is 14.0. The summed E-state index contributed by atoms with van der Waals surface area (Å²) in [4.78, 5) is 32.4. The van der Waals surface area contributed by atoms with E-state index in [2.05, 4.69) is 19.9 Å². The minimum atomic E-state index is -0.204. The Morgan fingerprint density at radius 3 is 2.66 bits per heavy atom. The van der Waals surface area contributed by atoms with E-state index in [4.69, 9.17) is 4.74 Å². The fourth-order valence-electron chi connectivity index (χ4n) is 3.48. The van der Waals surface area contributed by atoms with Gasteiger partial charge in [0.05, 0.1) is 17.9 Å². The van der Waals surface area contributed by atoms with Crippen LogP contribution >= 0.6 is 0 Å². The molecule has 3 heterocycles. The van der Waals surface area contributed by atoms with Gasteiger partial charge >= 0.3 is 0 Å². The van der Waals surface area contributed by atoms with E-state index < -0.39 is 0 Å². The van der Waals surface area contributed by atoms with Gasteiger partial charge in [-0.2, -0.15) is 4.98 Å². The van der Waals surface area contributed by atoms with Gasteiger partial charge in [-0.05, 0) is 45.2 Å². The van der Waals surface area contributed by atoms with Crippen molar-refractivity contribution in [2.24, 2.45) is 0 Å². The van der Waals surface area contributed by atoms with Crippen molar-refractivity contribution in [3.8, 4) is 11.6 Å². The Hall–Kier alpha value is -3.35. The number of benzene rings is 1. The smallest absolute Gasteiger partial charge is 0.274 e. The van der Waals surface area contributed by atoms with Crippen LogP contribution in [0.5, 0.6) is 11.6 Å². The zero-order valence-electron chi connectivity index (χ0n) is 16.8. The van der Waals surface area contributed by atoms with Crippen molar-refractivity contribution in [3.05, 3.63) is 71.2 Å². The van der Waals surface area contributed by atoms with Crippen molar-refractivity contribution in [3.63, 3.8) is 0 Å². The van der Waals surface area contributed by atoms with E-state index in [1.54, 1.807) is 11.1 Å². The number of aromatic nitrogens is 4. The summed E-state index contributed by atoms with van der Waals surface area (Å²) in [7, 11) is 0. The van der Waals surface area contributed by atoms with Crippen LogP contribution in [0.3, 0.4) is 0 Å². The van der Waals surface area contributed by atoms with E-state index in [1.807, 2.05) is 51.1 Å². The normalized spacial score (nSPS) is 16.1. The Bertz CT molecular complexity index is 1040. The Kier molecular flexibility index (Phi) is 5.20. The van der Waals surface area contributed by atoms with E-state index in [9.17, 15) is 4.79 Å². The van der Waals surface area contributed by atoms with Crippen LogP contribution in [0, 0.1) is 20.8 Å². The first-order valence-electron chi connectivity index (χ1n) is 9.70. The third-order valence-corrected chi connectivity index (χ3v) is 4.97. The molecule has 3 aromatic rings. The number of aryl methyl sites for hydroxylation is 3. The van der Waals surface area contributed by atoms with Crippen LogP contribution in [-0.4, -0.2) is 37.3 Å². The minimum Gasteiger partial charge on any atom is -0.439 e. The fraction of sp³-hybridized carbons (Fsp3) is 0.318. The van der Waals surface area contributed by atoms with Crippen LogP contribution in [0.15, 0.2) is 42.7 Å². The van der Waals surface area contributed by atoms with Gasteiger partial charge in [0.2, 0.25) is 5.88 Å². The average Bonchev–Trinajstić information content (AvgIpc) is 3.19. The molecule has 1 amide bonds. The first-order valence-corrected chi connectivity index (χ1v) is 9.70. The summed E-state index contributed by atoms with van der Waals surface area (Å²) in [5, 5.41) is 0. The first kappa shape index (κ1) is 19.0. The zero-order chi connectivity index (χ0) is 20.4. The molecule has 0 spiro atoms. The molecule has 0 aliphatic carbocycles. The summed E-state index contributed by atoms with van der Waals surface area (Å²) >= 11 is 0. The predicted octanol–water partition coefficient (Wildman–Crippen LogP) is 3.96. The molecule has 2 aromatic heterocycles. The van der Waals surface area contributed by atoms with Crippen molar-refractivity contribution in [2.75, 3.05) is 6.54 Å². The number of amides is 1. The van der Waals surface area contributed by atoms with Crippen LogP contribution in [0.2, 0.25) is 0 Å². The molecule has 0 N–H and O–H groups in total. The SMILES string of the molecule is Cc1cnc(C(=O)N2CCCC2c2nc(C)cc(Oc3ccccc3C)n2)cn1. The highest BCUT2D eigenvalue weighted by Crippen LogP contribution is 2.33. The van der Waals surface area contributed by atoms with Gasteiger partial charge in [0, 0.05) is 24.5 Å². The van der Waals surface area contributed by atoms with Gasteiger partial charge in [0.1, 0.15) is 11.4 Å². The molecule has 0 bridgehead atoms. The van der Waals surface area contributed by atoms with Gasteiger partial charge in [-0.1, -0.05) is 18.2 Å². The lowest BCUT2D eigenvalue weighted by atomic mass is 10.2. The van der Waals surface area contributed by atoms with Crippen LogP contribution in [0.25, 0.3) is 0 Å². The number of likely N-dealkylation sites (tertiary alicyclic amines) is 1. The van der Waals surface area contributed by atoms with Gasteiger partial charge in [-0.25, -0.2) is 9.97 Å². The summed E-state index contributed by atoms with van der Waals surface area (Å²) in [5.41, 5.74) is 2.94. The van der Waals surface area contributed by atoms with Crippen molar-refractivity contribution < 1.29 is 9.53 Å². The molecule has 0 radical (unpaired) electrons. The lowest BCUT2D eigenvalue weighted by Crippen LogP contribution is -2.32. The second-order valence-corrected chi connectivity index (χ2v) is 7.27. The molecule has 1 saturated heterocycles. The third-order valence-electron chi connectivity index (χ3n) is 4.97. The Balaban J connectivity index is 1.61. The topological polar surface area (TPSA) is 81.1 Å².